The van der Waals surface area contributed by atoms with Gasteiger partial charge >= 0.3 is 0 Å². The van der Waals surface area contributed by atoms with E-state index in [4.69, 9.17) is 0 Å². The van der Waals surface area contributed by atoms with E-state index >= 15 is 0 Å². The topological polar surface area (TPSA) is 50.1 Å². The van der Waals surface area contributed by atoms with Crippen molar-refractivity contribution in [1.29, 1.82) is 0 Å². The number of anilines is 1. The molecule has 0 unspecified atom stereocenters. The van der Waals surface area contributed by atoms with Crippen LogP contribution in [0.3, 0.4) is 0 Å². The summed E-state index contributed by atoms with van der Waals surface area (Å²) in [5.74, 6) is 0. The fourth-order valence-corrected chi connectivity index (χ4v) is 3.17. The maximum Gasteiger partial charge on any atom is 0.0991 e. The molecule has 0 bridgehead atoms. The summed E-state index contributed by atoms with van der Waals surface area (Å²) in [6.07, 6.45) is 11.5. The predicted molar refractivity (Wildman–Crippen MR) is 84.7 cm³/mol. The largest absolute Gasteiger partial charge is 0.396 e. The molecule has 112 valence electrons. The summed E-state index contributed by atoms with van der Waals surface area (Å²) in [5, 5.41) is 13.3. The van der Waals surface area contributed by atoms with Crippen LogP contribution in [0.1, 0.15) is 32.1 Å². The Morgan fingerprint density at radius 2 is 2.10 bits per heavy atom. The smallest absolute Gasteiger partial charge is 0.0991 e. The van der Waals surface area contributed by atoms with E-state index in [0.29, 0.717) is 0 Å². The van der Waals surface area contributed by atoms with E-state index in [1.54, 1.807) is 12.5 Å². The van der Waals surface area contributed by atoms with Crippen LogP contribution in [0.4, 0.5) is 5.69 Å². The number of imidazole rings is 1. The number of hydrogen-bond acceptors (Lipinski definition) is 3. The fraction of sp³-hybridized carbons (Fsp3) is 0.471. The summed E-state index contributed by atoms with van der Waals surface area (Å²) in [7, 11) is 0. The zero-order chi connectivity index (χ0) is 14.5. The van der Waals surface area contributed by atoms with Gasteiger partial charge in [0, 0.05) is 35.7 Å². The van der Waals surface area contributed by atoms with E-state index in [-0.39, 0.29) is 12.0 Å². The number of nitrogens with one attached hydrogen (secondary N) is 1. The quantitative estimate of drug-likeness (QED) is 0.886. The summed E-state index contributed by atoms with van der Waals surface area (Å²) in [6.45, 7) is 1.12. The molecule has 3 rings (SSSR count). The minimum absolute atomic E-state index is 0.0588. The molecule has 4 nitrogen and oxygen atoms in total. The molecule has 1 fully saturated rings. The van der Waals surface area contributed by atoms with Gasteiger partial charge in [-0.05, 0) is 31.0 Å². The molecule has 1 saturated carbocycles. The lowest BCUT2D eigenvalue weighted by atomic mass is 9.74. The molecule has 1 aromatic heterocycles. The predicted octanol–water partition coefficient (Wildman–Crippen LogP) is 3.23. The second-order valence-corrected chi connectivity index (χ2v) is 6.09. The first kappa shape index (κ1) is 14.1. The van der Waals surface area contributed by atoms with Crippen molar-refractivity contribution in [3.8, 4) is 5.69 Å². The highest BCUT2D eigenvalue weighted by Gasteiger charge is 2.31. The minimum atomic E-state index is 0.0588. The zero-order valence-corrected chi connectivity index (χ0v) is 12.3. The third-order valence-corrected chi connectivity index (χ3v) is 4.57. The molecule has 1 aliphatic carbocycles. The van der Waals surface area contributed by atoms with Crippen molar-refractivity contribution in [3.05, 3.63) is 43.0 Å². The molecule has 0 radical (unpaired) electrons. The van der Waals surface area contributed by atoms with Crippen molar-refractivity contribution in [2.24, 2.45) is 5.41 Å². The molecule has 0 aliphatic heterocycles. The van der Waals surface area contributed by atoms with Crippen LogP contribution in [0.15, 0.2) is 43.0 Å². The molecular formula is C17H23N3O. The van der Waals surface area contributed by atoms with Crippen LogP contribution in [0.5, 0.6) is 0 Å². The fourth-order valence-electron chi connectivity index (χ4n) is 3.17. The Bertz CT molecular complexity index is 559. The molecule has 4 heteroatoms. The number of rotatable bonds is 5. The van der Waals surface area contributed by atoms with Crippen LogP contribution < -0.4 is 5.32 Å². The van der Waals surface area contributed by atoms with Gasteiger partial charge in [0.1, 0.15) is 0 Å². The second kappa shape index (κ2) is 6.31. The van der Waals surface area contributed by atoms with Crippen LogP contribution in [-0.4, -0.2) is 27.8 Å². The van der Waals surface area contributed by atoms with Crippen LogP contribution in [0.2, 0.25) is 0 Å². The third-order valence-electron chi connectivity index (χ3n) is 4.57. The first-order chi connectivity index (χ1) is 10.3. The average Bonchev–Trinajstić information content (AvgIpc) is 3.09. The average molecular weight is 285 g/mol. The van der Waals surface area contributed by atoms with Crippen molar-refractivity contribution < 1.29 is 5.11 Å². The summed E-state index contributed by atoms with van der Waals surface area (Å²) < 4.78 is 1.99. The van der Waals surface area contributed by atoms with Crippen LogP contribution in [0.25, 0.3) is 5.69 Å². The van der Waals surface area contributed by atoms with Gasteiger partial charge in [0.2, 0.25) is 0 Å². The summed E-state index contributed by atoms with van der Waals surface area (Å²) in [6, 6.07) is 8.31. The molecular weight excluding hydrogens is 262 g/mol. The van der Waals surface area contributed by atoms with E-state index in [0.717, 1.165) is 30.8 Å². The number of aliphatic hydroxyl groups excluding tert-OH is 1. The molecule has 2 aromatic rings. The number of benzene rings is 1. The lowest BCUT2D eigenvalue weighted by Gasteiger charge is -2.36. The zero-order valence-electron chi connectivity index (χ0n) is 12.3. The van der Waals surface area contributed by atoms with Crippen molar-refractivity contribution in [1.82, 2.24) is 9.55 Å². The molecule has 0 spiro atoms. The maximum atomic E-state index is 9.77. The standard InChI is InChI=1S/C17H23N3O/c21-13-17(7-2-1-3-8-17)12-19-15-5-4-6-16(11-15)20-10-9-18-14-20/h4-6,9-11,14,19,21H,1-3,7-8,12-13H2. The van der Waals surface area contributed by atoms with Crippen LogP contribution >= 0.6 is 0 Å². The first-order valence-electron chi connectivity index (χ1n) is 7.75. The van der Waals surface area contributed by atoms with Gasteiger partial charge in [-0.15, -0.1) is 0 Å². The van der Waals surface area contributed by atoms with Gasteiger partial charge < -0.3 is 15.0 Å². The Labute approximate surface area is 125 Å². The molecule has 0 saturated heterocycles. The summed E-state index contributed by atoms with van der Waals surface area (Å²) in [5.41, 5.74) is 2.25. The highest BCUT2D eigenvalue weighted by molar-refractivity contribution is 5.51. The van der Waals surface area contributed by atoms with Gasteiger partial charge in [-0.2, -0.15) is 0 Å². The monoisotopic (exact) mass is 285 g/mol. The van der Waals surface area contributed by atoms with Crippen molar-refractivity contribution in [2.45, 2.75) is 32.1 Å². The van der Waals surface area contributed by atoms with E-state index < -0.39 is 0 Å². The summed E-state index contributed by atoms with van der Waals surface area (Å²) in [4.78, 5) is 4.08. The first-order valence-corrected chi connectivity index (χ1v) is 7.75. The van der Waals surface area contributed by atoms with Gasteiger partial charge in [-0.3, -0.25) is 0 Å². The highest BCUT2D eigenvalue weighted by atomic mass is 16.3. The molecule has 0 atom stereocenters. The van der Waals surface area contributed by atoms with Gasteiger partial charge in [0.15, 0.2) is 0 Å². The van der Waals surface area contributed by atoms with Gasteiger partial charge in [0.05, 0.1) is 12.9 Å². The number of aromatic nitrogens is 2. The Morgan fingerprint density at radius 3 is 2.81 bits per heavy atom. The maximum absolute atomic E-state index is 9.77. The SMILES string of the molecule is OCC1(CNc2cccc(-n3ccnc3)c2)CCCCC1. The Morgan fingerprint density at radius 1 is 1.24 bits per heavy atom. The van der Waals surface area contributed by atoms with Crippen LogP contribution in [-0.2, 0) is 0 Å². The summed E-state index contributed by atoms with van der Waals surface area (Å²) >= 11 is 0. The van der Waals surface area contributed by atoms with Gasteiger partial charge in [-0.1, -0.05) is 25.3 Å². The molecule has 2 N–H and O–H groups in total. The van der Waals surface area contributed by atoms with Crippen molar-refractivity contribution in [2.75, 3.05) is 18.5 Å². The Balaban J connectivity index is 1.69. The number of aliphatic hydroxyl groups is 1. The second-order valence-electron chi connectivity index (χ2n) is 6.09. The lowest BCUT2D eigenvalue weighted by Crippen LogP contribution is -2.35. The molecule has 1 heterocycles. The molecule has 1 aromatic carbocycles. The van der Waals surface area contributed by atoms with Crippen molar-refractivity contribution in [3.63, 3.8) is 0 Å². The number of nitrogens with zero attached hydrogens (tertiary/aromatic N) is 2. The van der Waals surface area contributed by atoms with Crippen molar-refractivity contribution >= 4 is 5.69 Å². The van der Waals surface area contributed by atoms with Crippen LogP contribution in [0, 0.1) is 5.41 Å². The van der Waals surface area contributed by atoms with E-state index in [1.165, 1.54) is 19.3 Å². The Hall–Kier alpha value is -1.81. The Kier molecular flexibility index (Phi) is 4.25. The highest BCUT2D eigenvalue weighted by Crippen LogP contribution is 2.36. The molecule has 0 amide bonds. The normalized spacial score (nSPS) is 17.6. The third kappa shape index (κ3) is 3.27. The molecule has 21 heavy (non-hydrogen) atoms. The minimum Gasteiger partial charge on any atom is -0.396 e. The van der Waals surface area contributed by atoms with E-state index in [9.17, 15) is 5.11 Å². The molecule has 1 aliphatic rings. The lowest BCUT2D eigenvalue weighted by molar-refractivity contribution is 0.0944. The van der Waals surface area contributed by atoms with Gasteiger partial charge in [0.25, 0.3) is 0 Å². The van der Waals surface area contributed by atoms with E-state index in [1.807, 2.05) is 16.8 Å². The number of hydrogen-bond donors (Lipinski definition) is 2. The van der Waals surface area contributed by atoms with Gasteiger partial charge in [-0.25, -0.2) is 4.98 Å². The van der Waals surface area contributed by atoms with E-state index in [2.05, 4.69) is 28.5 Å².